The number of unbranched alkanes of at least 4 members (excludes halogenated alkanes) is 1. The lowest BCUT2D eigenvalue weighted by molar-refractivity contribution is -0.00517. The average Bonchev–Trinajstić information content (AvgIpc) is 2.42. The number of hydrogen-bond donors (Lipinski definition) is 1. The molecule has 2 unspecified atom stereocenters. The van der Waals surface area contributed by atoms with E-state index in [0.717, 1.165) is 19.6 Å². The van der Waals surface area contributed by atoms with Gasteiger partial charge in [0.2, 0.25) is 0 Å². The van der Waals surface area contributed by atoms with Crippen molar-refractivity contribution in [3.05, 3.63) is 35.9 Å². The minimum atomic E-state index is 0.230. The molecule has 108 valence electrons. The van der Waals surface area contributed by atoms with Gasteiger partial charge in [0.15, 0.2) is 0 Å². The van der Waals surface area contributed by atoms with Crippen LogP contribution in [0.25, 0.3) is 0 Å². The topological polar surface area (TPSA) is 21.3 Å². The first-order valence-electron chi connectivity index (χ1n) is 7.60. The van der Waals surface area contributed by atoms with Gasteiger partial charge < -0.3 is 10.1 Å². The zero-order valence-corrected chi connectivity index (χ0v) is 12.9. The molecule has 0 heterocycles. The van der Waals surface area contributed by atoms with Crippen LogP contribution >= 0.6 is 0 Å². The van der Waals surface area contributed by atoms with Crippen LogP contribution in [0.2, 0.25) is 0 Å². The molecule has 1 N–H and O–H groups in total. The van der Waals surface area contributed by atoms with Crippen LogP contribution in [0.5, 0.6) is 0 Å². The molecule has 0 aliphatic rings. The van der Waals surface area contributed by atoms with Crippen molar-refractivity contribution in [3.63, 3.8) is 0 Å². The normalized spacial score (nSPS) is 14.6. The van der Waals surface area contributed by atoms with Crippen molar-refractivity contribution in [3.8, 4) is 0 Å². The average molecular weight is 263 g/mol. The van der Waals surface area contributed by atoms with Gasteiger partial charge in [-0.3, -0.25) is 0 Å². The van der Waals surface area contributed by atoms with E-state index in [2.05, 4.69) is 63.3 Å². The third-order valence-corrected chi connectivity index (χ3v) is 3.38. The molecule has 0 amide bonds. The van der Waals surface area contributed by atoms with Crippen LogP contribution < -0.4 is 5.32 Å². The van der Waals surface area contributed by atoms with E-state index >= 15 is 0 Å². The Morgan fingerprint density at radius 3 is 2.32 bits per heavy atom. The van der Waals surface area contributed by atoms with E-state index in [9.17, 15) is 0 Å². The third kappa shape index (κ3) is 5.33. The fourth-order valence-corrected chi connectivity index (χ4v) is 2.34. The smallest absolute Gasteiger partial charge is 0.0792 e. The second-order valence-corrected chi connectivity index (χ2v) is 5.38. The summed E-state index contributed by atoms with van der Waals surface area (Å²) in [5.41, 5.74) is 1.32. The molecule has 0 radical (unpaired) electrons. The van der Waals surface area contributed by atoms with Crippen LogP contribution in [-0.4, -0.2) is 19.3 Å². The molecule has 0 fully saturated rings. The maximum Gasteiger partial charge on any atom is 0.0792 e. The summed E-state index contributed by atoms with van der Waals surface area (Å²) in [4.78, 5) is 0. The van der Waals surface area contributed by atoms with Gasteiger partial charge >= 0.3 is 0 Å². The van der Waals surface area contributed by atoms with Crippen LogP contribution in [0.15, 0.2) is 30.3 Å². The zero-order valence-electron chi connectivity index (χ0n) is 12.9. The number of rotatable bonds is 9. The SMILES string of the molecule is CCCCOC(C(C)C)C(NCC)c1ccccc1. The van der Waals surface area contributed by atoms with Gasteiger partial charge in [-0.05, 0) is 24.4 Å². The monoisotopic (exact) mass is 263 g/mol. The van der Waals surface area contributed by atoms with Gasteiger partial charge in [-0.1, -0.05) is 64.4 Å². The Morgan fingerprint density at radius 2 is 1.79 bits per heavy atom. The van der Waals surface area contributed by atoms with Crippen molar-refractivity contribution >= 4 is 0 Å². The molecule has 2 nitrogen and oxygen atoms in total. The fourth-order valence-electron chi connectivity index (χ4n) is 2.34. The lowest BCUT2D eigenvalue weighted by Gasteiger charge is -2.31. The number of ether oxygens (including phenoxy) is 1. The summed E-state index contributed by atoms with van der Waals surface area (Å²) in [7, 11) is 0. The van der Waals surface area contributed by atoms with Gasteiger partial charge in [-0.2, -0.15) is 0 Å². The molecule has 0 saturated heterocycles. The number of nitrogens with one attached hydrogen (secondary N) is 1. The highest BCUT2D eigenvalue weighted by atomic mass is 16.5. The summed E-state index contributed by atoms with van der Waals surface area (Å²) in [5, 5.41) is 3.58. The van der Waals surface area contributed by atoms with Crippen molar-refractivity contribution < 1.29 is 4.74 Å². The van der Waals surface area contributed by atoms with Crippen LogP contribution in [0.1, 0.15) is 52.1 Å². The molecule has 0 aromatic heterocycles. The minimum absolute atomic E-state index is 0.230. The van der Waals surface area contributed by atoms with Crippen LogP contribution in [0, 0.1) is 5.92 Å². The molecule has 0 saturated carbocycles. The second kappa shape index (κ2) is 9.11. The summed E-state index contributed by atoms with van der Waals surface area (Å²) in [5.74, 6) is 0.501. The Kier molecular flexibility index (Phi) is 7.76. The highest BCUT2D eigenvalue weighted by Gasteiger charge is 2.25. The van der Waals surface area contributed by atoms with Gasteiger partial charge in [0.1, 0.15) is 0 Å². The van der Waals surface area contributed by atoms with Crippen molar-refractivity contribution in [1.82, 2.24) is 5.32 Å². The number of likely N-dealkylation sites (N-methyl/N-ethyl adjacent to an activating group) is 1. The third-order valence-electron chi connectivity index (χ3n) is 3.38. The van der Waals surface area contributed by atoms with Gasteiger partial charge in [-0.25, -0.2) is 0 Å². The van der Waals surface area contributed by atoms with Gasteiger partial charge in [-0.15, -0.1) is 0 Å². The highest BCUT2D eigenvalue weighted by molar-refractivity contribution is 5.20. The zero-order chi connectivity index (χ0) is 14.1. The number of hydrogen-bond acceptors (Lipinski definition) is 2. The molecule has 1 aromatic carbocycles. The molecule has 0 spiro atoms. The Hall–Kier alpha value is -0.860. The van der Waals surface area contributed by atoms with E-state index in [0.29, 0.717) is 5.92 Å². The molecule has 0 bridgehead atoms. The lowest BCUT2D eigenvalue weighted by Crippen LogP contribution is -2.37. The molecule has 1 aromatic rings. The quantitative estimate of drug-likeness (QED) is 0.675. The molecule has 0 aliphatic carbocycles. The lowest BCUT2D eigenvalue weighted by atomic mass is 9.93. The van der Waals surface area contributed by atoms with E-state index in [1.54, 1.807) is 0 Å². The number of benzene rings is 1. The molecule has 2 atom stereocenters. The fraction of sp³-hybridized carbons (Fsp3) is 0.647. The van der Waals surface area contributed by atoms with Crippen LogP contribution in [0.4, 0.5) is 0 Å². The molecular formula is C17H29NO. The molecule has 1 rings (SSSR count). The van der Waals surface area contributed by atoms with E-state index in [4.69, 9.17) is 4.74 Å². The van der Waals surface area contributed by atoms with Crippen molar-refractivity contribution in [2.75, 3.05) is 13.2 Å². The Bertz CT molecular complexity index is 323. The summed E-state index contributed by atoms with van der Waals surface area (Å²) in [6, 6.07) is 10.9. The Morgan fingerprint density at radius 1 is 1.11 bits per heavy atom. The Labute approximate surface area is 118 Å². The maximum atomic E-state index is 6.15. The van der Waals surface area contributed by atoms with E-state index in [1.165, 1.54) is 12.0 Å². The first kappa shape index (κ1) is 16.2. The van der Waals surface area contributed by atoms with Crippen LogP contribution in [-0.2, 0) is 4.74 Å². The van der Waals surface area contributed by atoms with Crippen molar-refractivity contribution in [2.24, 2.45) is 5.92 Å². The first-order chi connectivity index (χ1) is 9.20. The van der Waals surface area contributed by atoms with E-state index in [1.807, 2.05) is 0 Å². The predicted molar refractivity (Wildman–Crippen MR) is 82.3 cm³/mol. The minimum Gasteiger partial charge on any atom is -0.376 e. The predicted octanol–water partition coefficient (Wildman–Crippen LogP) is 4.18. The molecule has 19 heavy (non-hydrogen) atoms. The van der Waals surface area contributed by atoms with Crippen LogP contribution in [0.3, 0.4) is 0 Å². The first-order valence-corrected chi connectivity index (χ1v) is 7.60. The largest absolute Gasteiger partial charge is 0.376 e. The van der Waals surface area contributed by atoms with Crippen molar-refractivity contribution in [1.29, 1.82) is 0 Å². The van der Waals surface area contributed by atoms with Crippen molar-refractivity contribution in [2.45, 2.75) is 52.7 Å². The maximum absolute atomic E-state index is 6.15. The van der Waals surface area contributed by atoms with Gasteiger partial charge in [0.25, 0.3) is 0 Å². The highest BCUT2D eigenvalue weighted by Crippen LogP contribution is 2.25. The summed E-state index contributed by atoms with van der Waals surface area (Å²) in [6.45, 7) is 10.6. The van der Waals surface area contributed by atoms with E-state index < -0.39 is 0 Å². The summed E-state index contributed by atoms with van der Waals surface area (Å²) < 4.78 is 6.15. The summed E-state index contributed by atoms with van der Waals surface area (Å²) in [6.07, 6.45) is 2.55. The molecule has 0 aliphatic heterocycles. The van der Waals surface area contributed by atoms with Gasteiger partial charge in [0.05, 0.1) is 12.1 Å². The Balaban J connectivity index is 2.80. The second-order valence-electron chi connectivity index (χ2n) is 5.38. The molecule has 2 heteroatoms. The van der Waals surface area contributed by atoms with Gasteiger partial charge in [0, 0.05) is 6.61 Å². The van der Waals surface area contributed by atoms with E-state index in [-0.39, 0.29) is 12.1 Å². The standard InChI is InChI=1S/C17H29NO/c1-5-7-13-19-17(14(3)4)16(18-6-2)15-11-9-8-10-12-15/h8-12,14,16-18H,5-7,13H2,1-4H3. The summed E-state index contributed by atoms with van der Waals surface area (Å²) >= 11 is 0. The molecular weight excluding hydrogens is 234 g/mol.